The minimum Gasteiger partial charge on any atom is -0.467 e. The van der Waals surface area contributed by atoms with Gasteiger partial charge in [-0.05, 0) is 46.2 Å². The van der Waals surface area contributed by atoms with Crippen LogP contribution in [0.2, 0.25) is 0 Å². The van der Waals surface area contributed by atoms with Crippen LogP contribution in [-0.4, -0.2) is 32.5 Å². The highest BCUT2D eigenvalue weighted by Crippen LogP contribution is 2.26. The lowest BCUT2D eigenvalue weighted by atomic mass is 10.2. The summed E-state index contributed by atoms with van der Waals surface area (Å²) in [7, 11) is 0. The van der Waals surface area contributed by atoms with Gasteiger partial charge in [0.25, 0.3) is 0 Å². The standard InChI is InChI=1S/C18H24N4O3/c1-11(2)22-13(4)17(12(3)20-22)19-18(24)15-7-8-16(23)21(15)10-14-6-5-9-25-14/h5-6,9,11,15H,7-8,10H2,1-4H3,(H,19,24)/t15-/m1/s1. The van der Waals surface area contributed by atoms with E-state index in [1.54, 1.807) is 17.2 Å². The van der Waals surface area contributed by atoms with Gasteiger partial charge in [-0.1, -0.05) is 0 Å². The first-order valence-electron chi connectivity index (χ1n) is 8.57. The molecule has 1 fully saturated rings. The second-order valence-corrected chi connectivity index (χ2v) is 6.73. The highest BCUT2D eigenvalue weighted by atomic mass is 16.3. The molecule has 0 radical (unpaired) electrons. The van der Waals surface area contributed by atoms with Crippen molar-refractivity contribution in [3.8, 4) is 0 Å². The number of carbonyl (C=O) groups excluding carboxylic acids is 2. The van der Waals surface area contributed by atoms with Crippen molar-refractivity contribution in [1.29, 1.82) is 0 Å². The number of nitrogens with one attached hydrogen (secondary N) is 1. The van der Waals surface area contributed by atoms with Crippen LogP contribution in [0.15, 0.2) is 22.8 Å². The zero-order valence-electron chi connectivity index (χ0n) is 15.1. The molecule has 1 aliphatic rings. The van der Waals surface area contributed by atoms with Gasteiger partial charge < -0.3 is 14.6 Å². The first-order chi connectivity index (χ1) is 11.9. The summed E-state index contributed by atoms with van der Waals surface area (Å²) in [6.45, 7) is 8.22. The molecule has 0 spiro atoms. The zero-order chi connectivity index (χ0) is 18.1. The number of rotatable bonds is 5. The van der Waals surface area contributed by atoms with Gasteiger partial charge in [-0.3, -0.25) is 14.3 Å². The largest absolute Gasteiger partial charge is 0.467 e. The van der Waals surface area contributed by atoms with Crippen LogP contribution in [0.4, 0.5) is 5.69 Å². The molecule has 3 rings (SSSR count). The number of aryl methyl sites for hydroxylation is 1. The molecule has 2 amide bonds. The molecule has 0 bridgehead atoms. The van der Waals surface area contributed by atoms with Gasteiger partial charge in [0.15, 0.2) is 0 Å². The van der Waals surface area contributed by atoms with Crippen molar-refractivity contribution in [2.75, 3.05) is 5.32 Å². The predicted octanol–water partition coefficient (Wildman–Crippen LogP) is 2.80. The van der Waals surface area contributed by atoms with Crippen LogP contribution in [0.5, 0.6) is 0 Å². The average molecular weight is 344 g/mol. The minimum absolute atomic E-state index is 0.0251. The molecule has 1 aliphatic heterocycles. The molecule has 1 saturated heterocycles. The van der Waals surface area contributed by atoms with E-state index in [0.717, 1.165) is 17.1 Å². The van der Waals surface area contributed by atoms with E-state index in [2.05, 4.69) is 10.4 Å². The molecule has 1 atom stereocenters. The first-order valence-corrected chi connectivity index (χ1v) is 8.57. The number of furan rings is 1. The van der Waals surface area contributed by atoms with Crippen LogP contribution in [0.25, 0.3) is 0 Å². The molecule has 0 saturated carbocycles. The molecule has 1 N–H and O–H groups in total. The van der Waals surface area contributed by atoms with Crippen molar-refractivity contribution >= 4 is 17.5 Å². The Morgan fingerprint density at radius 2 is 2.20 bits per heavy atom. The fourth-order valence-electron chi connectivity index (χ4n) is 3.33. The number of anilines is 1. The van der Waals surface area contributed by atoms with Crippen molar-refractivity contribution in [2.45, 2.75) is 59.2 Å². The Morgan fingerprint density at radius 3 is 2.80 bits per heavy atom. The van der Waals surface area contributed by atoms with E-state index in [1.165, 1.54) is 0 Å². The van der Waals surface area contributed by atoms with Gasteiger partial charge >= 0.3 is 0 Å². The third-order valence-electron chi connectivity index (χ3n) is 4.60. The van der Waals surface area contributed by atoms with Crippen molar-refractivity contribution < 1.29 is 14.0 Å². The van der Waals surface area contributed by atoms with Gasteiger partial charge in [-0.25, -0.2) is 0 Å². The van der Waals surface area contributed by atoms with Gasteiger partial charge in [-0.2, -0.15) is 5.10 Å². The van der Waals surface area contributed by atoms with Crippen LogP contribution in [0.1, 0.15) is 49.9 Å². The molecule has 3 heterocycles. The quantitative estimate of drug-likeness (QED) is 0.904. The molecule has 2 aromatic rings. The summed E-state index contributed by atoms with van der Waals surface area (Å²) in [5.74, 6) is 0.475. The highest BCUT2D eigenvalue weighted by molar-refractivity contribution is 5.99. The van der Waals surface area contributed by atoms with Crippen LogP contribution in [0.3, 0.4) is 0 Å². The zero-order valence-corrected chi connectivity index (χ0v) is 15.1. The highest BCUT2D eigenvalue weighted by Gasteiger charge is 2.37. The SMILES string of the molecule is Cc1nn(C(C)C)c(C)c1NC(=O)[C@H]1CCC(=O)N1Cc1ccco1. The van der Waals surface area contributed by atoms with E-state index in [4.69, 9.17) is 4.42 Å². The minimum atomic E-state index is -0.487. The van der Waals surface area contributed by atoms with Gasteiger partial charge in [0, 0.05) is 12.5 Å². The summed E-state index contributed by atoms with van der Waals surface area (Å²) in [5.41, 5.74) is 2.43. The molecule has 0 unspecified atom stereocenters. The van der Waals surface area contributed by atoms with E-state index in [1.807, 2.05) is 38.4 Å². The number of aromatic nitrogens is 2. The smallest absolute Gasteiger partial charge is 0.247 e. The summed E-state index contributed by atoms with van der Waals surface area (Å²) in [4.78, 5) is 26.6. The first kappa shape index (κ1) is 17.3. The van der Waals surface area contributed by atoms with Crippen LogP contribution < -0.4 is 5.32 Å². The number of amides is 2. The van der Waals surface area contributed by atoms with Crippen LogP contribution in [-0.2, 0) is 16.1 Å². The second kappa shape index (κ2) is 6.74. The summed E-state index contributed by atoms with van der Waals surface area (Å²) >= 11 is 0. The number of carbonyl (C=O) groups is 2. The summed E-state index contributed by atoms with van der Waals surface area (Å²) in [5, 5.41) is 7.47. The molecule has 0 aliphatic carbocycles. The third kappa shape index (κ3) is 3.31. The second-order valence-electron chi connectivity index (χ2n) is 6.73. The molecule has 7 heteroatoms. The van der Waals surface area contributed by atoms with Crippen molar-refractivity contribution in [3.63, 3.8) is 0 Å². The number of likely N-dealkylation sites (tertiary alicyclic amines) is 1. The maximum absolute atomic E-state index is 12.8. The Labute approximate surface area is 147 Å². The fraction of sp³-hybridized carbons (Fsp3) is 0.500. The lowest BCUT2D eigenvalue weighted by Gasteiger charge is -2.23. The van der Waals surface area contributed by atoms with Gasteiger partial charge in [0.2, 0.25) is 11.8 Å². The lowest BCUT2D eigenvalue weighted by molar-refractivity contribution is -0.134. The number of hydrogen-bond acceptors (Lipinski definition) is 4. The van der Waals surface area contributed by atoms with Gasteiger partial charge in [-0.15, -0.1) is 0 Å². The van der Waals surface area contributed by atoms with Crippen molar-refractivity contribution in [1.82, 2.24) is 14.7 Å². The Bertz CT molecular complexity index is 777. The Hall–Kier alpha value is -2.57. The monoisotopic (exact) mass is 344 g/mol. The lowest BCUT2D eigenvalue weighted by Crippen LogP contribution is -2.41. The molecular formula is C18H24N4O3. The van der Waals surface area contributed by atoms with E-state index >= 15 is 0 Å². The van der Waals surface area contributed by atoms with Crippen molar-refractivity contribution in [2.24, 2.45) is 0 Å². The maximum atomic E-state index is 12.8. The van der Waals surface area contributed by atoms with Crippen molar-refractivity contribution in [3.05, 3.63) is 35.5 Å². The van der Waals surface area contributed by atoms with E-state index in [0.29, 0.717) is 25.1 Å². The molecule has 7 nitrogen and oxygen atoms in total. The summed E-state index contributed by atoms with van der Waals surface area (Å²) < 4.78 is 7.21. The maximum Gasteiger partial charge on any atom is 0.247 e. The molecule has 0 aromatic carbocycles. The average Bonchev–Trinajstić information content (AvgIpc) is 3.25. The van der Waals surface area contributed by atoms with E-state index in [9.17, 15) is 9.59 Å². The predicted molar refractivity (Wildman–Crippen MR) is 93.0 cm³/mol. The fourth-order valence-corrected chi connectivity index (χ4v) is 3.33. The molecule has 2 aromatic heterocycles. The summed E-state index contributed by atoms with van der Waals surface area (Å²) in [6.07, 6.45) is 2.46. The van der Waals surface area contributed by atoms with E-state index < -0.39 is 6.04 Å². The Balaban J connectivity index is 1.77. The molecule has 25 heavy (non-hydrogen) atoms. The topological polar surface area (TPSA) is 80.4 Å². The number of nitrogens with zero attached hydrogens (tertiary/aromatic N) is 3. The summed E-state index contributed by atoms with van der Waals surface area (Å²) in [6, 6.07) is 3.31. The van der Waals surface area contributed by atoms with E-state index in [-0.39, 0.29) is 17.9 Å². The molecular weight excluding hydrogens is 320 g/mol. The Kier molecular flexibility index (Phi) is 4.65. The van der Waals surface area contributed by atoms with Crippen LogP contribution >= 0.6 is 0 Å². The Morgan fingerprint density at radius 1 is 1.44 bits per heavy atom. The van der Waals surface area contributed by atoms with Crippen LogP contribution in [0, 0.1) is 13.8 Å². The molecule has 134 valence electrons. The number of hydrogen-bond donors (Lipinski definition) is 1. The normalized spacial score (nSPS) is 17.6. The third-order valence-corrected chi connectivity index (χ3v) is 4.60. The van der Waals surface area contributed by atoms with Gasteiger partial charge in [0.1, 0.15) is 11.8 Å². The van der Waals surface area contributed by atoms with Gasteiger partial charge in [0.05, 0.1) is 29.9 Å².